The summed E-state index contributed by atoms with van der Waals surface area (Å²) in [6, 6.07) is 4.56. The molecule has 1 nitrogen and oxygen atoms in total. The molecule has 1 aliphatic carbocycles. The summed E-state index contributed by atoms with van der Waals surface area (Å²) in [5.41, 5.74) is 0.337. The quantitative estimate of drug-likeness (QED) is 0.743. The van der Waals surface area contributed by atoms with E-state index >= 15 is 0 Å². The van der Waals surface area contributed by atoms with Gasteiger partial charge in [0, 0.05) is 11.4 Å². The Morgan fingerprint density at radius 1 is 1.12 bits per heavy atom. The molecule has 0 spiro atoms. The fraction of sp³-hybridized carbons (Fsp3) is 0.600. The zero-order valence-corrected chi connectivity index (χ0v) is 11.2. The lowest BCUT2D eigenvalue weighted by atomic mass is 9.78. The number of allylic oxidation sites excluding steroid dienone is 1. The highest BCUT2D eigenvalue weighted by Crippen LogP contribution is 2.45. The van der Waals surface area contributed by atoms with E-state index in [-0.39, 0.29) is 0 Å². The molecule has 0 N–H and O–H groups in total. The molecule has 17 heavy (non-hydrogen) atoms. The summed E-state index contributed by atoms with van der Waals surface area (Å²) in [6.45, 7) is 1.24. The van der Waals surface area contributed by atoms with Crippen LogP contribution in [-0.2, 0) is 5.54 Å². The number of rotatable bonds is 2. The van der Waals surface area contributed by atoms with E-state index in [1.807, 2.05) is 11.3 Å². The zero-order valence-electron chi connectivity index (χ0n) is 10.4. The van der Waals surface area contributed by atoms with Crippen molar-refractivity contribution in [2.75, 3.05) is 6.54 Å². The maximum absolute atomic E-state index is 2.64. The van der Waals surface area contributed by atoms with Crippen LogP contribution < -0.4 is 0 Å². The highest BCUT2D eigenvalue weighted by molar-refractivity contribution is 7.10. The molecule has 1 aromatic heterocycles. The Kier molecular flexibility index (Phi) is 3.24. The fourth-order valence-electron chi connectivity index (χ4n) is 3.37. The van der Waals surface area contributed by atoms with E-state index in [0.717, 1.165) is 0 Å². The summed E-state index contributed by atoms with van der Waals surface area (Å²) in [7, 11) is 0. The molecule has 0 aromatic carbocycles. The molecular formula is C15H21NS. The van der Waals surface area contributed by atoms with E-state index < -0.39 is 0 Å². The van der Waals surface area contributed by atoms with E-state index in [1.165, 1.54) is 51.5 Å². The summed E-state index contributed by atoms with van der Waals surface area (Å²) in [5, 5.41) is 2.24. The molecule has 2 heterocycles. The third-order valence-electron chi connectivity index (χ3n) is 4.27. The first kappa shape index (κ1) is 11.3. The van der Waals surface area contributed by atoms with Gasteiger partial charge >= 0.3 is 0 Å². The topological polar surface area (TPSA) is 3.24 Å². The minimum Gasteiger partial charge on any atom is -0.367 e. The van der Waals surface area contributed by atoms with Crippen molar-refractivity contribution < 1.29 is 0 Å². The molecule has 1 fully saturated rings. The summed E-state index contributed by atoms with van der Waals surface area (Å²) < 4.78 is 0. The third kappa shape index (κ3) is 2.03. The summed E-state index contributed by atoms with van der Waals surface area (Å²) in [5.74, 6) is 0. The Hall–Kier alpha value is -0.760. The Morgan fingerprint density at radius 2 is 2.00 bits per heavy atom. The van der Waals surface area contributed by atoms with Crippen LogP contribution in [0.25, 0.3) is 0 Å². The third-order valence-corrected chi connectivity index (χ3v) is 5.33. The van der Waals surface area contributed by atoms with Crippen LogP contribution in [0.3, 0.4) is 0 Å². The van der Waals surface area contributed by atoms with E-state index in [9.17, 15) is 0 Å². The summed E-state index contributed by atoms with van der Waals surface area (Å²) in [4.78, 5) is 4.23. The number of hydrogen-bond donors (Lipinski definition) is 0. The lowest BCUT2D eigenvalue weighted by molar-refractivity contribution is 0.0915. The van der Waals surface area contributed by atoms with Gasteiger partial charge in [0.25, 0.3) is 0 Å². The monoisotopic (exact) mass is 247 g/mol. The first-order chi connectivity index (χ1) is 8.42. The largest absolute Gasteiger partial charge is 0.367 e. The molecule has 3 rings (SSSR count). The van der Waals surface area contributed by atoms with Crippen molar-refractivity contribution in [2.24, 2.45) is 0 Å². The maximum Gasteiger partial charge on any atom is 0.0740 e. The second-order valence-electron chi connectivity index (χ2n) is 5.29. The maximum atomic E-state index is 2.64. The van der Waals surface area contributed by atoms with Gasteiger partial charge in [-0.2, -0.15) is 0 Å². The molecule has 0 bridgehead atoms. The highest BCUT2D eigenvalue weighted by Gasteiger charge is 2.39. The van der Waals surface area contributed by atoms with Gasteiger partial charge in [0.15, 0.2) is 0 Å². The van der Waals surface area contributed by atoms with Crippen LogP contribution in [-0.4, -0.2) is 11.4 Å². The van der Waals surface area contributed by atoms with Gasteiger partial charge in [-0.3, -0.25) is 0 Å². The number of thiophene rings is 1. The first-order valence-electron chi connectivity index (χ1n) is 6.89. The van der Waals surface area contributed by atoms with Crippen LogP contribution in [0.2, 0.25) is 0 Å². The van der Waals surface area contributed by atoms with Gasteiger partial charge in [0.2, 0.25) is 0 Å². The molecule has 1 saturated carbocycles. The minimum atomic E-state index is 0.337. The van der Waals surface area contributed by atoms with E-state index in [4.69, 9.17) is 0 Å². The Bertz CT molecular complexity index is 374. The van der Waals surface area contributed by atoms with Crippen molar-refractivity contribution in [2.45, 2.75) is 50.5 Å². The summed E-state index contributed by atoms with van der Waals surface area (Å²) in [6.07, 6.45) is 14.2. The van der Waals surface area contributed by atoms with Gasteiger partial charge in [-0.15, -0.1) is 11.3 Å². The average Bonchev–Trinajstić information content (AvgIpc) is 2.95. The Morgan fingerprint density at radius 3 is 2.65 bits per heavy atom. The lowest BCUT2D eigenvalue weighted by Crippen LogP contribution is -2.45. The average molecular weight is 247 g/mol. The van der Waals surface area contributed by atoms with Gasteiger partial charge in [-0.1, -0.05) is 31.4 Å². The van der Waals surface area contributed by atoms with Gasteiger partial charge in [0.05, 0.1) is 5.54 Å². The van der Waals surface area contributed by atoms with E-state index in [0.29, 0.717) is 5.54 Å². The van der Waals surface area contributed by atoms with E-state index in [2.05, 4.69) is 34.7 Å². The smallest absolute Gasteiger partial charge is 0.0740 e. The van der Waals surface area contributed by atoms with Gasteiger partial charge < -0.3 is 4.90 Å². The van der Waals surface area contributed by atoms with Crippen LogP contribution in [0.4, 0.5) is 0 Å². The van der Waals surface area contributed by atoms with Crippen molar-refractivity contribution >= 4 is 11.3 Å². The Labute approximate surface area is 108 Å². The molecule has 0 radical (unpaired) electrons. The van der Waals surface area contributed by atoms with E-state index in [1.54, 1.807) is 4.88 Å². The normalized spacial score (nSPS) is 23.9. The van der Waals surface area contributed by atoms with Crippen LogP contribution in [0.1, 0.15) is 49.8 Å². The van der Waals surface area contributed by atoms with Crippen molar-refractivity contribution in [1.82, 2.24) is 4.90 Å². The van der Waals surface area contributed by atoms with Crippen molar-refractivity contribution in [3.63, 3.8) is 0 Å². The van der Waals surface area contributed by atoms with Gasteiger partial charge in [0.1, 0.15) is 0 Å². The SMILES string of the molecule is C1=CN(C2(c3cccs3)CCCCC2)CCC1. The second-order valence-corrected chi connectivity index (χ2v) is 6.24. The van der Waals surface area contributed by atoms with Crippen LogP contribution in [0, 0.1) is 0 Å². The predicted octanol–water partition coefficient (Wildman–Crippen LogP) is 4.52. The summed E-state index contributed by atoms with van der Waals surface area (Å²) >= 11 is 1.95. The molecule has 2 heteroatoms. The highest BCUT2D eigenvalue weighted by atomic mass is 32.1. The van der Waals surface area contributed by atoms with Gasteiger partial charge in [-0.05, 0) is 43.3 Å². The Balaban J connectivity index is 1.95. The lowest BCUT2D eigenvalue weighted by Gasteiger charge is -2.47. The molecule has 1 aromatic rings. The molecule has 0 saturated heterocycles. The van der Waals surface area contributed by atoms with Crippen LogP contribution >= 0.6 is 11.3 Å². The number of nitrogens with zero attached hydrogens (tertiary/aromatic N) is 1. The van der Waals surface area contributed by atoms with Crippen molar-refractivity contribution in [3.05, 3.63) is 34.7 Å². The molecule has 0 unspecified atom stereocenters. The molecule has 1 aliphatic heterocycles. The van der Waals surface area contributed by atoms with Gasteiger partial charge in [-0.25, -0.2) is 0 Å². The van der Waals surface area contributed by atoms with Crippen molar-refractivity contribution in [3.8, 4) is 0 Å². The van der Waals surface area contributed by atoms with Crippen molar-refractivity contribution in [1.29, 1.82) is 0 Å². The second kappa shape index (κ2) is 4.85. The molecule has 92 valence electrons. The first-order valence-corrected chi connectivity index (χ1v) is 7.77. The standard InChI is InChI=1S/C15H21NS/c1-3-9-15(10-4-1,14-8-7-13-17-14)16-11-5-2-6-12-16/h5,7-8,11,13H,1-4,6,9-10,12H2. The predicted molar refractivity (Wildman–Crippen MR) is 74.2 cm³/mol. The molecule has 0 atom stereocenters. The molecule has 0 amide bonds. The van der Waals surface area contributed by atoms with Crippen LogP contribution in [0.15, 0.2) is 29.8 Å². The molecule has 2 aliphatic rings. The fourth-order valence-corrected chi connectivity index (χ4v) is 4.37. The zero-order chi connectivity index (χ0) is 11.6. The molecular weight excluding hydrogens is 226 g/mol. The van der Waals surface area contributed by atoms with Crippen LogP contribution in [0.5, 0.6) is 0 Å². The number of hydrogen-bond acceptors (Lipinski definition) is 2. The minimum absolute atomic E-state index is 0.337.